The number of methoxy groups -OCH3 is 1. The number of hydrogen-bond acceptors (Lipinski definition) is 5. The fourth-order valence-corrected chi connectivity index (χ4v) is 3.70. The van der Waals surface area contributed by atoms with Gasteiger partial charge in [-0.05, 0) is 24.6 Å². The van der Waals surface area contributed by atoms with Crippen molar-refractivity contribution in [1.29, 1.82) is 0 Å². The minimum absolute atomic E-state index is 0.0515. The Morgan fingerprint density at radius 2 is 1.97 bits per heavy atom. The Hall–Kier alpha value is -4.01. The number of pyridine rings is 2. The molecular weight excluding hydrogens is 387 g/mol. The van der Waals surface area contributed by atoms with Gasteiger partial charge in [0.05, 0.1) is 36.1 Å². The van der Waals surface area contributed by atoms with E-state index in [0.717, 1.165) is 11.1 Å². The molecule has 0 bridgehead atoms. The molecule has 5 rings (SSSR count). The maximum Gasteiger partial charge on any atom is 0.334 e. The zero-order valence-corrected chi connectivity index (χ0v) is 16.5. The van der Waals surface area contributed by atoms with Crippen LogP contribution in [0.3, 0.4) is 0 Å². The van der Waals surface area contributed by atoms with Crippen LogP contribution in [-0.4, -0.2) is 36.4 Å². The number of nitrogens with one attached hydrogen (secondary N) is 1. The second kappa shape index (κ2) is 6.51. The van der Waals surface area contributed by atoms with Crippen molar-refractivity contribution < 1.29 is 9.13 Å². The van der Waals surface area contributed by atoms with E-state index in [-0.39, 0.29) is 5.82 Å². The molecule has 150 valence electrons. The molecule has 9 heteroatoms. The molecule has 4 heterocycles. The number of rotatable bonds is 3. The summed E-state index contributed by atoms with van der Waals surface area (Å²) in [5.74, 6) is -0.0114. The fraction of sp³-hybridized carbons (Fsp3) is 0.143. The number of aromatic nitrogens is 6. The smallest absolute Gasteiger partial charge is 0.334 e. The maximum absolute atomic E-state index is 14.8. The first-order valence-electron chi connectivity index (χ1n) is 9.19. The van der Waals surface area contributed by atoms with Crippen molar-refractivity contribution in [1.82, 2.24) is 29.3 Å². The van der Waals surface area contributed by atoms with E-state index in [1.54, 1.807) is 45.7 Å². The highest BCUT2D eigenvalue weighted by molar-refractivity contribution is 6.05. The van der Waals surface area contributed by atoms with Gasteiger partial charge in [0, 0.05) is 42.0 Å². The number of aromatic amines is 1. The van der Waals surface area contributed by atoms with Gasteiger partial charge >= 0.3 is 5.69 Å². The predicted molar refractivity (Wildman–Crippen MR) is 110 cm³/mol. The molecule has 0 radical (unpaired) electrons. The molecule has 0 aliphatic carbocycles. The van der Waals surface area contributed by atoms with E-state index in [0.29, 0.717) is 33.2 Å². The summed E-state index contributed by atoms with van der Waals surface area (Å²) in [5.41, 5.74) is 3.55. The second-order valence-electron chi connectivity index (χ2n) is 7.04. The van der Waals surface area contributed by atoms with Gasteiger partial charge < -0.3 is 4.74 Å². The lowest BCUT2D eigenvalue weighted by Crippen LogP contribution is -2.22. The molecule has 8 nitrogen and oxygen atoms in total. The van der Waals surface area contributed by atoms with Crippen LogP contribution in [0.15, 0.2) is 47.8 Å². The molecule has 0 amide bonds. The van der Waals surface area contributed by atoms with Gasteiger partial charge in [0.1, 0.15) is 5.75 Å². The summed E-state index contributed by atoms with van der Waals surface area (Å²) in [7, 11) is 3.20. The van der Waals surface area contributed by atoms with E-state index >= 15 is 0 Å². The SMILES string of the molecule is COc1cc2ncc3c(c2cc1-c1cn[nH]c1)n(-c1ncc(C)cc1F)c(=O)n3C. The number of halogens is 1. The van der Waals surface area contributed by atoms with Crippen LogP contribution in [0.5, 0.6) is 5.75 Å². The van der Waals surface area contributed by atoms with E-state index < -0.39 is 11.5 Å². The highest BCUT2D eigenvalue weighted by Gasteiger charge is 2.21. The molecular formula is C21H17FN6O2. The van der Waals surface area contributed by atoms with Crippen molar-refractivity contribution in [2.75, 3.05) is 7.11 Å². The summed E-state index contributed by atoms with van der Waals surface area (Å²) >= 11 is 0. The number of ether oxygens (including phenoxy) is 1. The average molecular weight is 404 g/mol. The normalized spacial score (nSPS) is 11.5. The lowest BCUT2D eigenvalue weighted by atomic mass is 10.0. The lowest BCUT2D eigenvalue weighted by Gasteiger charge is -2.11. The van der Waals surface area contributed by atoms with E-state index in [1.807, 2.05) is 6.07 Å². The van der Waals surface area contributed by atoms with Crippen molar-refractivity contribution >= 4 is 21.9 Å². The van der Waals surface area contributed by atoms with Gasteiger partial charge in [-0.25, -0.2) is 18.7 Å². The van der Waals surface area contributed by atoms with Crippen LogP contribution in [0.25, 0.3) is 38.9 Å². The maximum atomic E-state index is 14.8. The van der Waals surface area contributed by atoms with Crippen molar-refractivity contribution in [3.05, 3.63) is 64.9 Å². The third-order valence-corrected chi connectivity index (χ3v) is 5.18. The molecule has 30 heavy (non-hydrogen) atoms. The molecule has 0 fully saturated rings. The van der Waals surface area contributed by atoms with Crippen LogP contribution >= 0.6 is 0 Å². The molecule has 1 N–H and O–H groups in total. The number of aryl methyl sites for hydroxylation is 2. The summed E-state index contributed by atoms with van der Waals surface area (Å²) < 4.78 is 23.1. The van der Waals surface area contributed by atoms with Crippen LogP contribution in [0, 0.1) is 12.7 Å². The van der Waals surface area contributed by atoms with E-state index in [1.165, 1.54) is 21.4 Å². The molecule has 0 unspecified atom stereocenters. The predicted octanol–water partition coefficient (Wildman–Crippen LogP) is 3.12. The van der Waals surface area contributed by atoms with Gasteiger partial charge in [-0.3, -0.25) is 14.6 Å². The van der Waals surface area contributed by atoms with Crippen molar-refractivity contribution in [2.24, 2.45) is 7.05 Å². The third kappa shape index (κ3) is 2.52. The Bertz CT molecular complexity index is 1480. The van der Waals surface area contributed by atoms with Gasteiger partial charge in [0.15, 0.2) is 11.6 Å². The van der Waals surface area contributed by atoms with E-state index in [4.69, 9.17) is 4.74 Å². The van der Waals surface area contributed by atoms with Crippen LogP contribution in [0.4, 0.5) is 4.39 Å². The highest BCUT2D eigenvalue weighted by atomic mass is 19.1. The number of fused-ring (bicyclic) bond motifs is 3. The Morgan fingerprint density at radius 1 is 1.13 bits per heavy atom. The van der Waals surface area contributed by atoms with Crippen LogP contribution in [0.1, 0.15) is 5.56 Å². The first-order valence-corrected chi connectivity index (χ1v) is 9.19. The molecule has 0 aliphatic heterocycles. The van der Waals surface area contributed by atoms with Crippen LogP contribution in [-0.2, 0) is 7.05 Å². The van der Waals surface area contributed by atoms with Gasteiger partial charge in [0.2, 0.25) is 0 Å². The van der Waals surface area contributed by atoms with Crippen molar-refractivity contribution in [2.45, 2.75) is 6.92 Å². The fourth-order valence-electron chi connectivity index (χ4n) is 3.70. The topological polar surface area (TPSA) is 90.6 Å². The standard InChI is InChI=1S/C21H17FN6O2/c1-11-4-15(22)20(24-7-11)28-19-14-5-13(12-8-25-26-9-12)18(30-3)6-16(14)23-10-17(19)27(2)21(28)29/h4-10H,1-3H3,(H,25,26). The molecule has 0 saturated carbocycles. The van der Waals surface area contributed by atoms with Gasteiger partial charge in [-0.15, -0.1) is 0 Å². The molecule has 0 aliphatic rings. The zero-order chi connectivity index (χ0) is 21.0. The summed E-state index contributed by atoms with van der Waals surface area (Å²) in [5, 5.41) is 7.46. The molecule has 5 aromatic rings. The Morgan fingerprint density at radius 3 is 2.67 bits per heavy atom. The first kappa shape index (κ1) is 18.0. The Labute approximate surface area is 169 Å². The van der Waals surface area contributed by atoms with Crippen LogP contribution < -0.4 is 10.4 Å². The summed E-state index contributed by atoms with van der Waals surface area (Å²) in [6.07, 6.45) is 6.55. The van der Waals surface area contributed by atoms with Crippen LogP contribution in [0.2, 0.25) is 0 Å². The Balaban J connectivity index is 1.95. The highest BCUT2D eigenvalue weighted by Crippen LogP contribution is 2.36. The number of hydrogen-bond donors (Lipinski definition) is 1. The number of H-pyrrole nitrogens is 1. The Kier molecular flexibility index (Phi) is 3.92. The minimum atomic E-state index is -0.571. The summed E-state index contributed by atoms with van der Waals surface area (Å²) in [6.45, 7) is 1.74. The molecule has 1 aromatic carbocycles. The lowest BCUT2D eigenvalue weighted by molar-refractivity contribution is 0.417. The number of nitrogens with zero attached hydrogens (tertiary/aromatic N) is 5. The van der Waals surface area contributed by atoms with Gasteiger partial charge in [-0.2, -0.15) is 5.10 Å². The van der Waals surface area contributed by atoms with Crippen molar-refractivity contribution in [3.8, 4) is 22.7 Å². The number of benzene rings is 1. The first-order chi connectivity index (χ1) is 14.5. The zero-order valence-electron chi connectivity index (χ0n) is 16.5. The molecule has 0 atom stereocenters. The van der Waals surface area contributed by atoms with Gasteiger partial charge in [-0.1, -0.05) is 0 Å². The molecule has 0 spiro atoms. The van der Waals surface area contributed by atoms with E-state index in [9.17, 15) is 9.18 Å². The summed E-state index contributed by atoms with van der Waals surface area (Å²) in [4.78, 5) is 21.8. The van der Waals surface area contributed by atoms with Crippen molar-refractivity contribution in [3.63, 3.8) is 0 Å². The average Bonchev–Trinajstić information content (AvgIpc) is 3.35. The largest absolute Gasteiger partial charge is 0.496 e. The molecule has 4 aromatic heterocycles. The van der Waals surface area contributed by atoms with E-state index in [2.05, 4.69) is 20.2 Å². The quantitative estimate of drug-likeness (QED) is 0.499. The third-order valence-electron chi connectivity index (χ3n) is 5.18. The molecule has 0 saturated heterocycles. The minimum Gasteiger partial charge on any atom is -0.496 e. The number of imidazole rings is 1. The van der Waals surface area contributed by atoms with Gasteiger partial charge in [0.25, 0.3) is 0 Å². The monoisotopic (exact) mass is 404 g/mol. The summed E-state index contributed by atoms with van der Waals surface area (Å²) in [6, 6.07) is 5.02. The second-order valence-corrected chi connectivity index (χ2v) is 7.04.